The molecule has 0 saturated carbocycles. The molecule has 6 rings (SSSR count). The van der Waals surface area contributed by atoms with E-state index in [4.69, 9.17) is 56.8 Å². The van der Waals surface area contributed by atoms with Crippen LogP contribution in [0.5, 0.6) is 0 Å². The van der Waals surface area contributed by atoms with Crippen molar-refractivity contribution in [1.29, 1.82) is 0 Å². The molecule has 24 atom stereocenters. The maximum absolute atomic E-state index is 11.4. The first-order valence-electron chi connectivity index (χ1n) is 31.8. The van der Waals surface area contributed by atoms with E-state index in [-0.39, 0.29) is 13.2 Å². The minimum atomic E-state index is -1.91. The van der Waals surface area contributed by atoms with Crippen LogP contribution in [0.15, 0.2) is 81.5 Å². The van der Waals surface area contributed by atoms with Crippen LogP contribution in [0, 0.1) is 0 Å². The summed E-state index contributed by atoms with van der Waals surface area (Å²) in [5.74, 6) is 0. The van der Waals surface area contributed by atoms with Gasteiger partial charge in [-0.15, -0.1) is 0 Å². The zero-order valence-electron chi connectivity index (χ0n) is 53.5. The largest absolute Gasteiger partial charge is 0.388 e. The lowest BCUT2D eigenvalue weighted by atomic mass is 10.0. The second-order valence-electron chi connectivity index (χ2n) is 25.2. The molecule has 0 unspecified atom stereocenters. The van der Waals surface area contributed by atoms with Gasteiger partial charge in [-0.2, -0.15) is 0 Å². The van der Waals surface area contributed by atoms with Crippen molar-refractivity contribution in [2.45, 2.75) is 280 Å². The Labute approximate surface area is 529 Å². The van der Waals surface area contributed by atoms with Gasteiger partial charge in [0.25, 0.3) is 0 Å². The molecule has 90 heavy (non-hydrogen) atoms. The first-order chi connectivity index (χ1) is 42.8. The van der Waals surface area contributed by atoms with Gasteiger partial charge >= 0.3 is 0 Å². The van der Waals surface area contributed by atoms with Gasteiger partial charge in [0.05, 0.1) is 46.2 Å². The highest BCUT2D eigenvalue weighted by Gasteiger charge is 2.53. The highest BCUT2D eigenvalue weighted by molar-refractivity contribution is 5.10. The predicted octanol–water partition coefficient (Wildman–Crippen LogP) is 2.08. The van der Waals surface area contributed by atoms with Crippen LogP contribution in [-0.2, 0) is 56.8 Å². The molecule has 6 aliphatic heterocycles. The molecule has 0 spiro atoms. The number of rotatable bonds is 31. The van der Waals surface area contributed by atoms with Crippen molar-refractivity contribution in [3.63, 3.8) is 0 Å². The lowest BCUT2D eigenvalue weighted by Crippen LogP contribution is -2.64. The second kappa shape index (κ2) is 38.1. The Morgan fingerprint density at radius 2 is 0.556 bits per heavy atom. The van der Waals surface area contributed by atoms with Crippen LogP contribution >= 0.6 is 0 Å². The van der Waals surface area contributed by atoms with E-state index in [2.05, 4.69) is 84.9 Å². The zero-order chi connectivity index (χ0) is 65.8. The number of ether oxygens (including phenoxy) is 12. The molecule has 0 aromatic carbocycles. The van der Waals surface area contributed by atoms with E-state index in [9.17, 15) is 66.4 Å². The third-order valence-corrected chi connectivity index (χ3v) is 17.0. The number of hydrogen-bond acceptors (Lipinski definition) is 25. The molecule has 0 aromatic heterocycles. The fourth-order valence-electron chi connectivity index (χ4n) is 11.2. The van der Waals surface area contributed by atoms with Crippen LogP contribution in [-0.4, -0.2) is 260 Å². The topological polar surface area (TPSA) is 374 Å². The van der Waals surface area contributed by atoms with Crippen LogP contribution in [0.2, 0.25) is 0 Å². The fraction of sp³-hybridized carbons (Fsp3) is 0.785. The summed E-state index contributed by atoms with van der Waals surface area (Å²) in [6.45, 7) is 14.7. The second-order valence-corrected chi connectivity index (χ2v) is 25.2. The standard InChI is InChI=1S/C65H106O25/c1-35(2)15-9-16-36(3)17-10-18-37(4)19-11-20-38(5)21-12-22-39(6)23-13-24-40(7)25-14-26-41(8)27-28-79-60-51(74)49(72)47(34-85-60)86-62-52(75)56(43(67)30-81-62)88-64-54(77)58(45(69)32-83-64)90-65-55(78)59(46(70)33-84-65)89-63-53(76)57(44(68)31-82-63)87-61-50(73)48(71)42(66)29-80-61/h15,17,19,21,23,25,27,42-78H,9-14,16,18,20,22,24,26,28-34H2,1-8H3/b36-17+,37-19+,38-21+,39-23+,40-25+,41-27+/t42-,43-,44-,45-,46-,47-,48+,49+,50-,51-,52-,53-,54-,55-,56+,57+,58+,59+,60-,61+,62+,63+,64+,65+/m1/s1. The summed E-state index contributed by atoms with van der Waals surface area (Å²) in [6.07, 6.45) is -10.5. The molecule has 0 aromatic rings. The first-order valence-corrected chi connectivity index (χ1v) is 31.8. The lowest BCUT2D eigenvalue weighted by molar-refractivity contribution is -0.374. The Balaban J connectivity index is 0.875. The van der Waals surface area contributed by atoms with Gasteiger partial charge in [-0.05, 0) is 132 Å². The summed E-state index contributed by atoms with van der Waals surface area (Å²) in [6, 6.07) is 0. The lowest BCUT2D eigenvalue weighted by Gasteiger charge is -2.46. The Bertz CT molecular complexity index is 2360. The SMILES string of the molecule is CC(C)=CCC/C(C)=C/CC/C(C)=C/CC/C(C)=C/CC/C(C)=C/CC/C(C)=C/CC/C(C)=C/CO[C@@H]1OC[C@@H](O[C@@H]2OC[C@@H](O)[C@H](O[C@@H]3OC[C@@H](O)[C@H](O[C@@H]4OC[C@@H](O)[C@H](O[C@@H]5OC[C@@H](O)[C@H](O[C@@H]6OC[C@@H](O)[C@H](O)[C@H]6O)[C@H]5O)[C@H]4O)[C@H]3O)[C@H]2O)[C@H](O)[C@H]1O. The summed E-state index contributed by atoms with van der Waals surface area (Å²) < 4.78 is 67.6. The molecule has 6 saturated heterocycles. The van der Waals surface area contributed by atoms with Gasteiger partial charge in [0, 0.05) is 0 Å². The van der Waals surface area contributed by atoms with E-state index in [0.29, 0.717) is 0 Å². The Hall–Kier alpha value is -2.82. The summed E-state index contributed by atoms with van der Waals surface area (Å²) in [5, 5.41) is 141. The van der Waals surface area contributed by atoms with Crippen molar-refractivity contribution >= 4 is 0 Å². The molecule has 0 radical (unpaired) electrons. The third-order valence-electron chi connectivity index (χ3n) is 17.0. The maximum Gasteiger partial charge on any atom is 0.186 e. The van der Waals surface area contributed by atoms with Crippen molar-refractivity contribution in [2.75, 3.05) is 46.2 Å². The van der Waals surface area contributed by atoms with E-state index in [1.165, 1.54) is 33.4 Å². The molecule has 0 bridgehead atoms. The fourth-order valence-corrected chi connectivity index (χ4v) is 11.2. The van der Waals surface area contributed by atoms with Crippen LogP contribution < -0.4 is 0 Å². The molecule has 6 aliphatic rings. The summed E-state index contributed by atoms with van der Waals surface area (Å²) >= 11 is 0. The van der Waals surface area contributed by atoms with Crippen molar-refractivity contribution in [2.24, 2.45) is 0 Å². The van der Waals surface area contributed by atoms with Gasteiger partial charge in [0.2, 0.25) is 0 Å². The summed E-state index contributed by atoms with van der Waals surface area (Å²) in [4.78, 5) is 0. The minimum absolute atomic E-state index is 0.0993. The highest BCUT2D eigenvalue weighted by atomic mass is 16.8. The molecule has 25 heteroatoms. The van der Waals surface area contributed by atoms with Gasteiger partial charge in [0.1, 0.15) is 110 Å². The van der Waals surface area contributed by atoms with Crippen molar-refractivity contribution in [1.82, 2.24) is 0 Å². The molecule has 25 nitrogen and oxygen atoms in total. The highest BCUT2D eigenvalue weighted by Crippen LogP contribution is 2.33. The van der Waals surface area contributed by atoms with Gasteiger partial charge in [-0.25, -0.2) is 0 Å². The Morgan fingerprint density at radius 3 is 0.889 bits per heavy atom. The van der Waals surface area contributed by atoms with Crippen molar-refractivity contribution in [3.8, 4) is 0 Å². The third kappa shape index (κ3) is 23.2. The van der Waals surface area contributed by atoms with Crippen LogP contribution in [0.1, 0.15) is 132 Å². The normalized spacial score (nSPS) is 39.0. The number of allylic oxidation sites excluding steroid dienone is 13. The molecule has 6 fully saturated rings. The van der Waals surface area contributed by atoms with Crippen LogP contribution in [0.4, 0.5) is 0 Å². The number of aliphatic hydroxyl groups is 13. The van der Waals surface area contributed by atoms with Gasteiger partial charge in [0.15, 0.2) is 37.7 Å². The average molecular weight is 1290 g/mol. The quantitative estimate of drug-likeness (QED) is 0.0442. The number of hydrogen-bond donors (Lipinski definition) is 13. The monoisotopic (exact) mass is 1290 g/mol. The van der Waals surface area contributed by atoms with Crippen molar-refractivity contribution in [3.05, 3.63) is 81.5 Å². The van der Waals surface area contributed by atoms with E-state index in [1.807, 2.05) is 13.0 Å². The van der Waals surface area contributed by atoms with Crippen molar-refractivity contribution < 1.29 is 123 Å². The molecular formula is C65H106O25. The van der Waals surface area contributed by atoms with Gasteiger partial charge < -0.3 is 123 Å². The van der Waals surface area contributed by atoms with E-state index in [0.717, 1.165) is 82.6 Å². The van der Waals surface area contributed by atoms with E-state index >= 15 is 0 Å². The Morgan fingerprint density at radius 1 is 0.289 bits per heavy atom. The molecule has 13 N–H and O–H groups in total. The van der Waals surface area contributed by atoms with E-state index < -0.39 is 181 Å². The molecular weight excluding hydrogens is 1180 g/mol. The van der Waals surface area contributed by atoms with E-state index in [1.54, 1.807) is 0 Å². The van der Waals surface area contributed by atoms with Gasteiger partial charge in [-0.3, -0.25) is 0 Å². The summed E-state index contributed by atoms with van der Waals surface area (Å²) in [7, 11) is 0. The molecule has 0 aliphatic carbocycles. The zero-order valence-corrected chi connectivity index (χ0v) is 53.5. The maximum atomic E-state index is 11.4. The predicted molar refractivity (Wildman–Crippen MR) is 324 cm³/mol. The minimum Gasteiger partial charge on any atom is -0.388 e. The Kier molecular flexibility index (Phi) is 32.2. The van der Waals surface area contributed by atoms with Gasteiger partial charge in [-0.1, -0.05) is 81.5 Å². The smallest absolute Gasteiger partial charge is 0.186 e. The molecule has 6 heterocycles. The average Bonchev–Trinajstić information content (AvgIpc) is 1.03. The number of aliphatic hydroxyl groups excluding tert-OH is 13. The molecule has 516 valence electrons. The summed E-state index contributed by atoms with van der Waals surface area (Å²) in [5.41, 5.74) is 9.57. The molecule has 0 amide bonds. The van der Waals surface area contributed by atoms with Crippen LogP contribution in [0.3, 0.4) is 0 Å². The van der Waals surface area contributed by atoms with Crippen LogP contribution in [0.25, 0.3) is 0 Å². The first kappa shape index (κ1) is 76.2.